The Morgan fingerprint density at radius 3 is 2.76 bits per heavy atom. The second kappa shape index (κ2) is 6.12. The topological polar surface area (TPSA) is 74.2 Å². The lowest BCUT2D eigenvalue weighted by Gasteiger charge is -2.24. The van der Waals surface area contributed by atoms with Crippen molar-refractivity contribution in [3.05, 3.63) is 11.7 Å². The largest absolute Gasteiger partial charge is 0.374 e. The van der Waals surface area contributed by atoms with Crippen LogP contribution in [-0.2, 0) is 11.3 Å². The molecule has 2 rings (SSSR count). The van der Waals surface area contributed by atoms with Crippen LogP contribution in [0.15, 0.2) is 4.52 Å². The van der Waals surface area contributed by atoms with Crippen LogP contribution in [-0.4, -0.2) is 23.3 Å². The molecular weight excluding hydrogens is 218 g/mol. The van der Waals surface area contributed by atoms with E-state index in [4.69, 9.17) is 15.0 Å². The molecule has 0 radical (unpaired) electrons. The monoisotopic (exact) mass is 239 g/mol. The van der Waals surface area contributed by atoms with Crippen LogP contribution < -0.4 is 5.73 Å². The first-order valence-electron chi connectivity index (χ1n) is 6.43. The summed E-state index contributed by atoms with van der Waals surface area (Å²) >= 11 is 0. The van der Waals surface area contributed by atoms with Crippen molar-refractivity contribution in [1.82, 2.24) is 10.1 Å². The first kappa shape index (κ1) is 12.5. The Kier molecular flexibility index (Phi) is 4.50. The van der Waals surface area contributed by atoms with E-state index in [-0.39, 0.29) is 0 Å². The Morgan fingerprint density at radius 2 is 2.12 bits per heavy atom. The summed E-state index contributed by atoms with van der Waals surface area (Å²) in [6.07, 6.45) is 4.56. The van der Waals surface area contributed by atoms with Gasteiger partial charge in [-0.1, -0.05) is 5.16 Å². The van der Waals surface area contributed by atoms with Crippen LogP contribution in [0.2, 0.25) is 0 Å². The van der Waals surface area contributed by atoms with Crippen molar-refractivity contribution in [2.75, 3.05) is 13.2 Å². The summed E-state index contributed by atoms with van der Waals surface area (Å²) in [6, 6.07) is 0. The number of aromatic nitrogens is 2. The van der Waals surface area contributed by atoms with Crippen molar-refractivity contribution < 1.29 is 9.26 Å². The Labute approximate surface area is 102 Å². The highest BCUT2D eigenvalue weighted by Crippen LogP contribution is 2.34. The fourth-order valence-electron chi connectivity index (χ4n) is 2.33. The number of hydrogen-bond donors (Lipinski definition) is 1. The van der Waals surface area contributed by atoms with E-state index in [0.717, 1.165) is 25.3 Å². The number of hydrogen-bond acceptors (Lipinski definition) is 5. The van der Waals surface area contributed by atoms with Gasteiger partial charge in [-0.15, -0.1) is 0 Å². The molecule has 0 aliphatic heterocycles. The molecule has 2 N–H and O–H groups in total. The van der Waals surface area contributed by atoms with Crippen LogP contribution >= 0.6 is 0 Å². The minimum Gasteiger partial charge on any atom is -0.374 e. The molecule has 1 aliphatic carbocycles. The number of ether oxygens (including phenoxy) is 1. The third-order valence-electron chi connectivity index (χ3n) is 3.45. The van der Waals surface area contributed by atoms with Gasteiger partial charge in [0.05, 0.1) is 0 Å². The van der Waals surface area contributed by atoms with Gasteiger partial charge in [-0.05, 0) is 45.1 Å². The van der Waals surface area contributed by atoms with E-state index < -0.39 is 0 Å². The molecule has 0 saturated heterocycles. The lowest BCUT2D eigenvalue weighted by Crippen LogP contribution is -2.20. The standard InChI is InChI=1S/C12H21N3O2/c1-2-16-8-11-14-12(17-15-11)10-5-3-9(7-13)4-6-10/h9-10H,2-8,13H2,1H3. The lowest BCUT2D eigenvalue weighted by molar-refractivity contribution is 0.126. The van der Waals surface area contributed by atoms with Gasteiger partial charge in [-0.3, -0.25) is 0 Å². The maximum absolute atomic E-state index is 5.68. The van der Waals surface area contributed by atoms with Crippen LogP contribution in [0, 0.1) is 5.92 Å². The Hall–Kier alpha value is -0.940. The van der Waals surface area contributed by atoms with Crippen molar-refractivity contribution in [2.45, 2.75) is 45.1 Å². The van der Waals surface area contributed by atoms with Crippen LogP contribution in [0.5, 0.6) is 0 Å². The zero-order valence-electron chi connectivity index (χ0n) is 10.4. The van der Waals surface area contributed by atoms with Crippen LogP contribution in [0.3, 0.4) is 0 Å². The molecule has 0 amide bonds. The van der Waals surface area contributed by atoms with Crippen molar-refractivity contribution >= 4 is 0 Å². The molecule has 1 aliphatic rings. The van der Waals surface area contributed by atoms with E-state index in [1.165, 1.54) is 12.8 Å². The SMILES string of the molecule is CCOCc1noc(C2CCC(CN)CC2)n1. The highest BCUT2D eigenvalue weighted by molar-refractivity contribution is 4.95. The van der Waals surface area contributed by atoms with Gasteiger partial charge in [0.1, 0.15) is 6.61 Å². The van der Waals surface area contributed by atoms with Crippen LogP contribution in [0.25, 0.3) is 0 Å². The number of nitrogens with two attached hydrogens (primary N) is 1. The van der Waals surface area contributed by atoms with E-state index in [2.05, 4.69) is 10.1 Å². The summed E-state index contributed by atoms with van der Waals surface area (Å²) in [6.45, 7) is 3.87. The highest BCUT2D eigenvalue weighted by Gasteiger charge is 2.25. The second-order valence-electron chi connectivity index (χ2n) is 4.64. The van der Waals surface area contributed by atoms with E-state index >= 15 is 0 Å². The van der Waals surface area contributed by atoms with Gasteiger partial charge < -0.3 is 15.0 Å². The van der Waals surface area contributed by atoms with E-state index in [0.29, 0.717) is 30.9 Å². The van der Waals surface area contributed by atoms with Gasteiger partial charge in [-0.2, -0.15) is 4.98 Å². The molecule has 0 spiro atoms. The molecule has 0 aromatic carbocycles. The summed E-state index contributed by atoms with van der Waals surface area (Å²) in [4.78, 5) is 4.39. The van der Waals surface area contributed by atoms with Gasteiger partial charge in [0.25, 0.3) is 0 Å². The Bertz CT molecular complexity index is 332. The molecule has 1 saturated carbocycles. The first-order chi connectivity index (χ1) is 8.33. The third kappa shape index (κ3) is 3.26. The zero-order valence-corrected chi connectivity index (χ0v) is 10.4. The van der Waals surface area contributed by atoms with Crippen molar-refractivity contribution in [1.29, 1.82) is 0 Å². The maximum Gasteiger partial charge on any atom is 0.229 e. The Balaban J connectivity index is 1.87. The number of nitrogens with zero attached hydrogens (tertiary/aromatic N) is 2. The second-order valence-corrected chi connectivity index (χ2v) is 4.64. The molecule has 0 bridgehead atoms. The van der Waals surface area contributed by atoms with Gasteiger partial charge in [0.2, 0.25) is 5.89 Å². The molecule has 1 heterocycles. The molecular formula is C12H21N3O2. The fraction of sp³-hybridized carbons (Fsp3) is 0.833. The highest BCUT2D eigenvalue weighted by atomic mass is 16.5. The minimum atomic E-state index is 0.417. The van der Waals surface area contributed by atoms with Gasteiger partial charge in [0.15, 0.2) is 5.82 Å². The molecule has 0 atom stereocenters. The average molecular weight is 239 g/mol. The zero-order chi connectivity index (χ0) is 12.1. The summed E-state index contributed by atoms with van der Waals surface area (Å²) in [7, 11) is 0. The minimum absolute atomic E-state index is 0.417. The summed E-state index contributed by atoms with van der Waals surface area (Å²) in [5.41, 5.74) is 5.68. The molecule has 1 fully saturated rings. The summed E-state index contributed by atoms with van der Waals surface area (Å²) in [5, 5.41) is 3.93. The van der Waals surface area contributed by atoms with Crippen molar-refractivity contribution in [2.24, 2.45) is 11.7 Å². The maximum atomic E-state index is 5.68. The first-order valence-corrected chi connectivity index (χ1v) is 6.43. The third-order valence-corrected chi connectivity index (χ3v) is 3.45. The van der Waals surface area contributed by atoms with Crippen LogP contribution in [0.4, 0.5) is 0 Å². The fourth-order valence-corrected chi connectivity index (χ4v) is 2.33. The van der Waals surface area contributed by atoms with Crippen molar-refractivity contribution in [3.8, 4) is 0 Å². The molecule has 5 heteroatoms. The lowest BCUT2D eigenvalue weighted by atomic mass is 9.82. The number of rotatable bonds is 5. The predicted molar refractivity (Wildman–Crippen MR) is 63.4 cm³/mol. The smallest absolute Gasteiger partial charge is 0.229 e. The molecule has 96 valence electrons. The van der Waals surface area contributed by atoms with Gasteiger partial charge in [0, 0.05) is 12.5 Å². The normalized spacial score (nSPS) is 25.1. The molecule has 1 aromatic heterocycles. The van der Waals surface area contributed by atoms with Gasteiger partial charge in [-0.25, -0.2) is 0 Å². The molecule has 5 nitrogen and oxygen atoms in total. The molecule has 1 aromatic rings. The summed E-state index contributed by atoms with van der Waals surface area (Å²) in [5.74, 6) is 2.52. The molecule has 0 unspecified atom stereocenters. The van der Waals surface area contributed by atoms with E-state index in [1.54, 1.807) is 0 Å². The predicted octanol–water partition coefficient (Wildman–Crippen LogP) is 1.84. The average Bonchev–Trinajstić information content (AvgIpc) is 2.85. The van der Waals surface area contributed by atoms with E-state index in [1.807, 2.05) is 6.92 Å². The quantitative estimate of drug-likeness (QED) is 0.848. The van der Waals surface area contributed by atoms with E-state index in [9.17, 15) is 0 Å². The Morgan fingerprint density at radius 1 is 1.35 bits per heavy atom. The van der Waals surface area contributed by atoms with Crippen LogP contribution in [0.1, 0.15) is 50.2 Å². The molecule has 17 heavy (non-hydrogen) atoms. The van der Waals surface area contributed by atoms with Gasteiger partial charge >= 0.3 is 0 Å². The summed E-state index contributed by atoms with van der Waals surface area (Å²) < 4.78 is 10.6. The van der Waals surface area contributed by atoms with Crippen molar-refractivity contribution in [3.63, 3.8) is 0 Å².